The Kier molecular flexibility index (Phi) is 5.96. The monoisotopic (exact) mass is 272 g/mol. The topological polar surface area (TPSA) is 67.8 Å². The molecule has 0 radical (unpaired) electrons. The summed E-state index contributed by atoms with van der Waals surface area (Å²) in [5.41, 5.74) is 0.0818. The van der Waals surface area contributed by atoms with Gasteiger partial charge in [-0.3, -0.25) is 0 Å². The number of halogens is 1. The minimum Gasteiger partial charge on any atom is -0.447 e. The first-order valence-electron chi connectivity index (χ1n) is 6.50. The second-order valence-corrected chi connectivity index (χ2v) is 5.75. The van der Waals surface area contributed by atoms with Gasteiger partial charge in [-0.15, -0.1) is 0 Å². The molecule has 0 aromatic rings. The van der Waals surface area contributed by atoms with Gasteiger partial charge in [0.2, 0.25) is 6.08 Å². The zero-order valence-electron chi connectivity index (χ0n) is 11.4. The molecule has 19 heavy (non-hydrogen) atoms. The fourth-order valence-corrected chi connectivity index (χ4v) is 2.79. The lowest BCUT2D eigenvalue weighted by atomic mass is 9.70. The summed E-state index contributed by atoms with van der Waals surface area (Å²) in [5, 5.41) is 2.62. The summed E-state index contributed by atoms with van der Waals surface area (Å²) in [6.45, 7) is 3.79. The number of rotatable bonds is 5. The van der Waals surface area contributed by atoms with E-state index in [2.05, 4.69) is 28.9 Å². The molecule has 1 saturated carbocycles. The first-order valence-corrected chi connectivity index (χ1v) is 6.50. The molecule has 108 valence electrons. The summed E-state index contributed by atoms with van der Waals surface area (Å²) in [7, 11) is 0. The first kappa shape index (κ1) is 15.6. The van der Waals surface area contributed by atoms with Gasteiger partial charge in [0.1, 0.15) is 13.3 Å². The van der Waals surface area contributed by atoms with E-state index in [0.717, 1.165) is 19.3 Å². The highest BCUT2D eigenvalue weighted by atomic mass is 19.1. The third-order valence-electron chi connectivity index (χ3n) is 3.32. The Morgan fingerprint density at radius 3 is 2.89 bits per heavy atom. The lowest BCUT2D eigenvalue weighted by Gasteiger charge is -2.38. The fourth-order valence-electron chi connectivity index (χ4n) is 2.79. The molecule has 5 nitrogen and oxygen atoms in total. The molecule has 2 unspecified atom stereocenters. The van der Waals surface area contributed by atoms with Crippen LogP contribution in [-0.2, 0) is 9.53 Å². The van der Waals surface area contributed by atoms with Crippen molar-refractivity contribution < 1.29 is 18.7 Å². The first-order chi connectivity index (χ1) is 8.96. The van der Waals surface area contributed by atoms with E-state index in [4.69, 9.17) is 0 Å². The van der Waals surface area contributed by atoms with Crippen LogP contribution in [0.2, 0.25) is 0 Å². The van der Waals surface area contributed by atoms with Gasteiger partial charge in [0.05, 0.1) is 6.04 Å². The van der Waals surface area contributed by atoms with Crippen LogP contribution in [0.25, 0.3) is 0 Å². The quantitative estimate of drug-likeness (QED) is 0.616. The number of carbonyl (C=O) groups excluding carboxylic acids is 2. The largest absolute Gasteiger partial charge is 0.447 e. The van der Waals surface area contributed by atoms with E-state index in [9.17, 15) is 14.0 Å². The van der Waals surface area contributed by atoms with Crippen LogP contribution in [0.1, 0.15) is 33.1 Å². The summed E-state index contributed by atoms with van der Waals surface area (Å²) in [5.74, 6) is 0.240. The van der Waals surface area contributed by atoms with Crippen LogP contribution in [0.15, 0.2) is 4.99 Å². The van der Waals surface area contributed by atoms with Gasteiger partial charge in [-0.25, -0.2) is 19.0 Å². The van der Waals surface area contributed by atoms with Crippen LogP contribution < -0.4 is 5.32 Å². The molecule has 2 atom stereocenters. The minimum atomic E-state index is -0.681. The highest BCUT2D eigenvalue weighted by Gasteiger charge is 2.34. The summed E-state index contributed by atoms with van der Waals surface area (Å²) in [6, 6.07) is -0.0325. The van der Waals surface area contributed by atoms with E-state index in [-0.39, 0.29) is 24.0 Å². The van der Waals surface area contributed by atoms with Crippen molar-refractivity contribution in [2.24, 2.45) is 16.3 Å². The highest BCUT2D eigenvalue weighted by Crippen LogP contribution is 2.39. The SMILES string of the molecule is CC1(C)CC(CNC(=O)OCCF)CC(N=C=O)C1. The molecule has 1 N–H and O–H groups in total. The number of aliphatic imine (C=N–C) groups is 1. The molecule has 1 rings (SSSR count). The molecule has 1 aliphatic carbocycles. The van der Waals surface area contributed by atoms with Gasteiger partial charge in [-0.05, 0) is 30.6 Å². The van der Waals surface area contributed by atoms with E-state index >= 15 is 0 Å². The zero-order valence-corrected chi connectivity index (χ0v) is 11.4. The Morgan fingerprint density at radius 2 is 2.26 bits per heavy atom. The van der Waals surface area contributed by atoms with E-state index in [1.807, 2.05) is 0 Å². The van der Waals surface area contributed by atoms with E-state index in [0.29, 0.717) is 6.54 Å². The Bertz CT molecular complexity index is 354. The predicted molar refractivity (Wildman–Crippen MR) is 68.4 cm³/mol. The molecule has 1 amide bonds. The van der Waals surface area contributed by atoms with Gasteiger partial charge < -0.3 is 10.1 Å². The van der Waals surface area contributed by atoms with E-state index in [1.165, 1.54) is 0 Å². The lowest BCUT2D eigenvalue weighted by molar-refractivity contribution is 0.126. The van der Waals surface area contributed by atoms with Gasteiger partial charge in [0, 0.05) is 6.54 Å². The molecule has 0 heterocycles. The Balaban J connectivity index is 2.44. The van der Waals surface area contributed by atoms with Gasteiger partial charge in [-0.1, -0.05) is 13.8 Å². The number of isocyanates is 1. The number of amides is 1. The Hall–Kier alpha value is -1.42. The van der Waals surface area contributed by atoms with Crippen molar-refractivity contribution in [3.63, 3.8) is 0 Å². The number of ether oxygens (including phenoxy) is 1. The number of nitrogens with zero attached hydrogens (tertiary/aromatic N) is 1. The van der Waals surface area contributed by atoms with Crippen LogP contribution in [-0.4, -0.2) is 38.0 Å². The van der Waals surface area contributed by atoms with Crippen molar-refractivity contribution in [3.05, 3.63) is 0 Å². The van der Waals surface area contributed by atoms with Crippen LogP contribution in [0.4, 0.5) is 9.18 Å². The maximum absolute atomic E-state index is 11.8. The maximum Gasteiger partial charge on any atom is 0.407 e. The molecule has 1 fully saturated rings. The van der Waals surface area contributed by atoms with Gasteiger partial charge >= 0.3 is 6.09 Å². The molecule has 0 bridgehead atoms. The zero-order chi connectivity index (χ0) is 14.3. The lowest BCUT2D eigenvalue weighted by Crippen LogP contribution is -2.38. The Morgan fingerprint density at radius 1 is 1.53 bits per heavy atom. The van der Waals surface area contributed by atoms with Crippen molar-refractivity contribution in [1.29, 1.82) is 0 Å². The van der Waals surface area contributed by atoms with Gasteiger partial charge in [0.25, 0.3) is 0 Å². The summed E-state index contributed by atoms with van der Waals surface area (Å²) in [6.07, 6.45) is 3.56. The third-order valence-corrected chi connectivity index (χ3v) is 3.32. The third kappa shape index (κ3) is 5.83. The second kappa shape index (κ2) is 7.24. The molecule has 0 spiro atoms. The summed E-state index contributed by atoms with van der Waals surface area (Å²) in [4.78, 5) is 25.4. The maximum atomic E-state index is 11.8. The standard InChI is InChI=1S/C13H21FN2O3/c1-13(2)6-10(5-11(7-13)16-9-17)8-15-12(18)19-4-3-14/h10-11H,3-8H2,1-2H3,(H,15,18). The van der Waals surface area contributed by atoms with Crippen molar-refractivity contribution in [3.8, 4) is 0 Å². The van der Waals surface area contributed by atoms with E-state index in [1.54, 1.807) is 6.08 Å². The molecule has 0 saturated heterocycles. The number of alkyl halides is 1. The van der Waals surface area contributed by atoms with Crippen molar-refractivity contribution in [2.45, 2.75) is 39.2 Å². The molecule has 0 aromatic carbocycles. The normalized spacial score (nSPS) is 25.2. The van der Waals surface area contributed by atoms with Crippen LogP contribution >= 0.6 is 0 Å². The molecule has 6 heteroatoms. The highest BCUT2D eigenvalue weighted by molar-refractivity contribution is 5.67. The number of alkyl carbamates (subject to hydrolysis) is 1. The van der Waals surface area contributed by atoms with Crippen molar-refractivity contribution >= 4 is 12.2 Å². The molecular weight excluding hydrogens is 251 g/mol. The number of nitrogens with one attached hydrogen (secondary N) is 1. The number of hydrogen-bond donors (Lipinski definition) is 1. The number of carbonyl (C=O) groups is 1. The van der Waals surface area contributed by atoms with Gasteiger partial charge in [0.15, 0.2) is 0 Å². The minimum absolute atomic E-state index is 0.0325. The second-order valence-electron chi connectivity index (χ2n) is 5.75. The van der Waals surface area contributed by atoms with Crippen LogP contribution in [0, 0.1) is 11.3 Å². The average molecular weight is 272 g/mol. The van der Waals surface area contributed by atoms with Crippen LogP contribution in [0.5, 0.6) is 0 Å². The number of hydrogen-bond acceptors (Lipinski definition) is 4. The smallest absolute Gasteiger partial charge is 0.407 e. The fraction of sp³-hybridized carbons (Fsp3) is 0.846. The average Bonchev–Trinajstić information content (AvgIpc) is 2.32. The van der Waals surface area contributed by atoms with Gasteiger partial charge in [-0.2, -0.15) is 0 Å². The van der Waals surface area contributed by atoms with Crippen LogP contribution in [0.3, 0.4) is 0 Å². The molecule has 1 aliphatic rings. The molecule has 0 aliphatic heterocycles. The van der Waals surface area contributed by atoms with Crippen molar-refractivity contribution in [1.82, 2.24) is 5.32 Å². The van der Waals surface area contributed by atoms with E-state index < -0.39 is 12.8 Å². The molecule has 0 aromatic heterocycles. The summed E-state index contributed by atoms with van der Waals surface area (Å²) >= 11 is 0. The van der Waals surface area contributed by atoms with Crippen molar-refractivity contribution in [2.75, 3.05) is 19.8 Å². The summed E-state index contributed by atoms with van der Waals surface area (Å²) < 4.78 is 16.4. The molecular formula is C13H21FN2O3. The Labute approximate surface area is 112 Å². The predicted octanol–water partition coefficient (Wildman–Crippen LogP) is 2.21.